The van der Waals surface area contributed by atoms with Crippen molar-refractivity contribution in [2.24, 2.45) is 10.7 Å². The van der Waals surface area contributed by atoms with Crippen molar-refractivity contribution in [2.75, 3.05) is 13.1 Å². The zero-order valence-electron chi connectivity index (χ0n) is 14.5. The van der Waals surface area contributed by atoms with Gasteiger partial charge in [-0.3, -0.25) is 0 Å². The molecule has 1 aromatic rings. The van der Waals surface area contributed by atoms with E-state index in [1.807, 2.05) is 0 Å². The summed E-state index contributed by atoms with van der Waals surface area (Å²) in [4.78, 5) is 6.74. The second kappa shape index (κ2) is 9.47. The lowest BCUT2D eigenvalue weighted by Gasteiger charge is -2.27. The highest BCUT2D eigenvalue weighted by Crippen LogP contribution is 2.14. The van der Waals surface area contributed by atoms with E-state index in [2.05, 4.69) is 54.9 Å². The van der Waals surface area contributed by atoms with E-state index in [0.29, 0.717) is 19.1 Å². The Morgan fingerprint density at radius 1 is 1.17 bits per heavy atom. The highest BCUT2D eigenvalue weighted by Gasteiger charge is 2.12. The largest absolute Gasteiger partial charge is 0.371 e. The molecule has 0 amide bonds. The maximum atomic E-state index is 6.10. The molecule has 23 heavy (non-hydrogen) atoms. The van der Waals surface area contributed by atoms with Gasteiger partial charge in [0.05, 0.1) is 18.8 Å². The number of guanidine groups is 1. The first-order valence-corrected chi connectivity index (χ1v) is 8.21. The molecule has 1 saturated heterocycles. The van der Waals surface area contributed by atoms with Crippen LogP contribution in [0.25, 0.3) is 0 Å². The van der Waals surface area contributed by atoms with E-state index in [4.69, 9.17) is 10.5 Å². The summed E-state index contributed by atoms with van der Waals surface area (Å²) in [6.45, 7) is 9.54. The quantitative estimate of drug-likeness (QED) is 0.447. The lowest BCUT2D eigenvalue weighted by molar-refractivity contribution is -0.0149. The molecule has 1 aromatic carbocycles. The van der Waals surface area contributed by atoms with Gasteiger partial charge in [0, 0.05) is 13.1 Å². The molecule has 2 rings (SSSR count). The Morgan fingerprint density at radius 2 is 1.83 bits per heavy atom. The fraction of sp³-hybridized carbons (Fsp3) is 0.611. The lowest BCUT2D eigenvalue weighted by atomic mass is 10.1. The van der Waals surface area contributed by atoms with Crippen LogP contribution in [0.1, 0.15) is 51.2 Å². The van der Waals surface area contributed by atoms with Crippen LogP contribution < -0.4 is 5.73 Å². The lowest BCUT2D eigenvalue weighted by Crippen LogP contribution is -2.40. The van der Waals surface area contributed by atoms with E-state index < -0.39 is 0 Å². The number of benzene rings is 1. The normalized spacial score (nSPS) is 16.1. The second-order valence-corrected chi connectivity index (χ2v) is 6.94. The molecule has 1 aliphatic rings. The Balaban J connectivity index is 0.00000264. The van der Waals surface area contributed by atoms with Gasteiger partial charge in [-0.05, 0) is 51.2 Å². The van der Waals surface area contributed by atoms with Crippen LogP contribution in [0.3, 0.4) is 0 Å². The van der Waals surface area contributed by atoms with E-state index in [1.165, 1.54) is 30.4 Å². The van der Waals surface area contributed by atoms with Gasteiger partial charge in [0.1, 0.15) is 0 Å². The third-order valence-corrected chi connectivity index (χ3v) is 3.77. The molecule has 0 aliphatic carbocycles. The summed E-state index contributed by atoms with van der Waals surface area (Å²) in [5, 5.41) is 0. The predicted octanol–water partition coefficient (Wildman–Crippen LogP) is 3.92. The highest BCUT2D eigenvalue weighted by atomic mass is 127. The molecule has 5 heteroatoms. The standard InChI is InChI=1S/C18H29N3O.HI/c1-18(2,3)22-14-16-9-7-8-15(12-16)13-20-17(19)21-10-5-4-6-11-21;/h7-9,12H,4-6,10-11,13-14H2,1-3H3,(H2,19,20);1H. The highest BCUT2D eigenvalue weighted by molar-refractivity contribution is 14.0. The Morgan fingerprint density at radius 3 is 2.48 bits per heavy atom. The number of likely N-dealkylation sites (tertiary alicyclic amines) is 1. The Hall–Kier alpha value is -0.820. The molecule has 0 radical (unpaired) electrons. The average molecular weight is 431 g/mol. The number of ether oxygens (including phenoxy) is 1. The summed E-state index contributed by atoms with van der Waals surface area (Å²) in [5.41, 5.74) is 8.34. The fourth-order valence-corrected chi connectivity index (χ4v) is 2.51. The number of hydrogen-bond acceptors (Lipinski definition) is 2. The summed E-state index contributed by atoms with van der Waals surface area (Å²) in [7, 11) is 0. The molecule has 0 aromatic heterocycles. The van der Waals surface area contributed by atoms with Gasteiger partial charge in [-0.2, -0.15) is 0 Å². The average Bonchev–Trinajstić information content (AvgIpc) is 2.51. The van der Waals surface area contributed by atoms with Crippen LogP contribution in [-0.4, -0.2) is 29.6 Å². The summed E-state index contributed by atoms with van der Waals surface area (Å²) < 4.78 is 5.82. The van der Waals surface area contributed by atoms with Gasteiger partial charge in [-0.25, -0.2) is 4.99 Å². The van der Waals surface area contributed by atoms with Gasteiger partial charge < -0.3 is 15.4 Å². The van der Waals surface area contributed by atoms with Gasteiger partial charge in [-0.15, -0.1) is 24.0 Å². The molecule has 130 valence electrons. The van der Waals surface area contributed by atoms with Crippen molar-refractivity contribution in [2.45, 2.75) is 58.8 Å². The molecule has 0 unspecified atom stereocenters. The van der Waals surface area contributed by atoms with Crippen molar-refractivity contribution in [3.8, 4) is 0 Å². The van der Waals surface area contributed by atoms with Gasteiger partial charge in [0.15, 0.2) is 5.96 Å². The topological polar surface area (TPSA) is 50.9 Å². The van der Waals surface area contributed by atoms with E-state index in [0.717, 1.165) is 13.1 Å². The minimum Gasteiger partial charge on any atom is -0.371 e. The fourth-order valence-electron chi connectivity index (χ4n) is 2.51. The van der Waals surface area contributed by atoms with Gasteiger partial charge >= 0.3 is 0 Å². The molecule has 0 atom stereocenters. The minimum atomic E-state index is -0.118. The van der Waals surface area contributed by atoms with Crippen LogP contribution >= 0.6 is 24.0 Å². The summed E-state index contributed by atoms with van der Waals surface area (Å²) in [6, 6.07) is 8.39. The van der Waals surface area contributed by atoms with Crippen LogP contribution in [0.4, 0.5) is 0 Å². The zero-order valence-corrected chi connectivity index (χ0v) is 16.9. The Kier molecular flexibility index (Phi) is 8.33. The van der Waals surface area contributed by atoms with E-state index in [1.54, 1.807) is 0 Å². The first-order chi connectivity index (χ1) is 10.4. The van der Waals surface area contributed by atoms with Crippen LogP contribution in [0, 0.1) is 0 Å². The maximum Gasteiger partial charge on any atom is 0.191 e. The smallest absolute Gasteiger partial charge is 0.191 e. The number of aliphatic imine (C=N–C) groups is 1. The summed E-state index contributed by atoms with van der Waals surface area (Å²) in [6.07, 6.45) is 3.74. The molecule has 1 fully saturated rings. The third kappa shape index (κ3) is 7.52. The van der Waals surface area contributed by atoms with Crippen molar-refractivity contribution >= 4 is 29.9 Å². The SMILES string of the molecule is CC(C)(C)OCc1cccc(CN=C(N)N2CCCCC2)c1.I. The van der Waals surface area contributed by atoms with Crippen molar-refractivity contribution in [1.82, 2.24) is 4.90 Å². The van der Waals surface area contributed by atoms with E-state index in [-0.39, 0.29) is 29.6 Å². The Bertz CT molecular complexity index is 505. The molecule has 0 saturated carbocycles. The van der Waals surface area contributed by atoms with E-state index >= 15 is 0 Å². The number of rotatable bonds is 4. The van der Waals surface area contributed by atoms with Crippen LogP contribution in [0.15, 0.2) is 29.3 Å². The second-order valence-electron chi connectivity index (χ2n) is 6.94. The monoisotopic (exact) mass is 431 g/mol. The first-order valence-electron chi connectivity index (χ1n) is 8.21. The van der Waals surface area contributed by atoms with Gasteiger partial charge in [-0.1, -0.05) is 24.3 Å². The van der Waals surface area contributed by atoms with Crippen LogP contribution in [0.5, 0.6) is 0 Å². The molecule has 4 nitrogen and oxygen atoms in total. The third-order valence-electron chi connectivity index (χ3n) is 3.77. The molecular weight excluding hydrogens is 401 g/mol. The Labute approximate surface area is 157 Å². The van der Waals surface area contributed by atoms with Crippen molar-refractivity contribution in [1.29, 1.82) is 0 Å². The molecule has 0 bridgehead atoms. The van der Waals surface area contributed by atoms with Crippen LogP contribution in [0.2, 0.25) is 0 Å². The van der Waals surface area contributed by atoms with Crippen molar-refractivity contribution in [3.05, 3.63) is 35.4 Å². The number of nitrogens with zero attached hydrogens (tertiary/aromatic N) is 2. The molecular formula is C18H30IN3O. The molecule has 1 aliphatic heterocycles. The molecule has 1 heterocycles. The molecule has 0 spiro atoms. The van der Waals surface area contributed by atoms with Crippen LogP contribution in [-0.2, 0) is 17.9 Å². The summed E-state index contributed by atoms with van der Waals surface area (Å²) >= 11 is 0. The predicted molar refractivity (Wildman–Crippen MR) is 107 cm³/mol. The number of nitrogens with two attached hydrogens (primary N) is 1. The number of halogens is 1. The summed E-state index contributed by atoms with van der Waals surface area (Å²) in [5.74, 6) is 0.677. The number of hydrogen-bond donors (Lipinski definition) is 1. The zero-order chi connectivity index (χ0) is 16.0. The van der Waals surface area contributed by atoms with E-state index in [9.17, 15) is 0 Å². The first kappa shape index (κ1) is 20.2. The van der Waals surface area contributed by atoms with Crippen molar-refractivity contribution < 1.29 is 4.74 Å². The van der Waals surface area contributed by atoms with Gasteiger partial charge in [0.2, 0.25) is 0 Å². The minimum absolute atomic E-state index is 0. The van der Waals surface area contributed by atoms with Gasteiger partial charge in [0.25, 0.3) is 0 Å². The maximum absolute atomic E-state index is 6.10. The number of piperidine rings is 1. The van der Waals surface area contributed by atoms with Crippen molar-refractivity contribution in [3.63, 3.8) is 0 Å². The molecule has 2 N–H and O–H groups in total.